The molecule has 0 bridgehead atoms. The molecule has 0 saturated carbocycles. The molecule has 4 unspecified atom stereocenters. The van der Waals surface area contributed by atoms with Crippen molar-refractivity contribution < 1.29 is 46.5 Å². The van der Waals surface area contributed by atoms with E-state index in [9.17, 15) is 0 Å². The van der Waals surface area contributed by atoms with E-state index < -0.39 is 0 Å². The van der Waals surface area contributed by atoms with Crippen LogP contribution in [0.5, 0.6) is 0 Å². The maximum atomic E-state index is 2.43. The van der Waals surface area contributed by atoms with Crippen LogP contribution in [-0.4, -0.2) is 22.6 Å². The monoisotopic (exact) mass is 636 g/mol. The zero-order valence-corrected chi connectivity index (χ0v) is 30.1. The molecule has 4 atom stereocenters. The van der Waals surface area contributed by atoms with Crippen LogP contribution in [0.15, 0.2) is 72.8 Å². The van der Waals surface area contributed by atoms with Crippen molar-refractivity contribution in [3.05, 3.63) is 72.8 Å². The van der Waals surface area contributed by atoms with Crippen LogP contribution in [0.4, 0.5) is 0 Å². The van der Waals surface area contributed by atoms with E-state index >= 15 is 0 Å². The molecule has 212 valence electrons. The second-order valence-corrected chi connectivity index (χ2v) is 16.7. The van der Waals surface area contributed by atoms with Gasteiger partial charge in [0.25, 0.3) is 0 Å². The molecule has 0 amide bonds. The number of fused-ring (bicyclic) bond motifs is 2. The fourth-order valence-electron chi connectivity index (χ4n) is 5.24. The van der Waals surface area contributed by atoms with Crippen molar-refractivity contribution in [2.75, 3.05) is 0 Å². The molecule has 4 aromatic rings. The van der Waals surface area contributed by atoms with E-state index in [1.165, 1.54) is 47.2 Å². The van der Waals surface area contributed by atoms with Crippen LogP contribution < -0.4 is 35.4 Å². The molecule has 0 nitrogen and oxygen atoms in total. The Morgan fingerprint density at radius 1 is 0.538 bits per heavy atom. The predicted octanol–water partition coefficient (Wildman–Crippen LogP) is 4.53. The first-order valence-corrected chi connectivity index (χ1v) is 17.2. The van der Waals surface area contributed by atoms with Gasteiger partial charge in [-0.3, -0.25) is 0 Å². The van der Waals surface area contributed by atoms with Gasteiger partial charge < -0.3 is 24.8 Å². The second-order valence-electron chi connectivity index (χ2n) is 10.5. The molecule has 4 aromatic carbocycles. The van der Waals surface area contributed by atoms with E-state index in [1.807, 2.05) is 0 Å². The van der Waals surface area contributed by atoms with Crippen LogP contribution in [-0.2, 0) is 21.7 Å². The topological polar surface area (TPSA) is 0 Å². The van der Waals surface area contributed by atoms with E-state index in [4.69, 9.17) is 0 Å². The first-order chi connectivity index (χ1) is 17.3. The minimum atomic E-state index is -0.0252. The fraction of sp³-hybridized carbons (Fsp3) is 0.471. The number of hydrogen-bond donors (Lipinski definition) is 0. The molecule has 0 aliphatic rings. The third kappa shape index (κ3) is 9.95. The maximum absolute atomic E-state index is 2.43. The third-order valence-electron chi connectivity index (χ3n) is 8.06. The number of rotatable bonds is 10. The van der Waals surface area contributed by atoms with Crippen LogP contribution in [0.25, 0.3) is 21.5 Å². The minimum absolute atomic E-state index is 0. The normalized spacial score (nSPS) is 15.4. The largest absolute Gasteiger partial charge is 4.00 e. The van der Waals surface area contributed by atoms with E-state index in [1.54, 1.807) is 10.6 Å². The molecule has 0 aliphatic heterocycles. The minimum Gasteiger partial charge on any atom is -1.00 e. The summed E-state index contributed by atoms with van der Waals surface area (Å²) < 4.78 is 0. The van der Waals surface area contributed by atoms with Crippen LogP contribution in [0.2, 0.25) is 0 Å². The van der Waals surface area contributed by atoms with Crippen LogP contribution in [0.1, 0.15) is 81.1 Å². The second kappa shape index (κ2) is 19.1. The summed E-state index contributed by atoms with van der Waals surface area (Å²) in [5.41, 5.74) is 3.30. The smallest absolute Gasteiger partial charge is 1.00 e. The van der Waals surface area contributed by atoms with Gasteiger partial charge in [-0.25, -0.2) is 0 Å². The summed E-state index contributed by atoms with van der Waals surface area (Å²) in [5, 5.41) is 8.85. The average Bonchev–Trinajstić information content (AvgIpc) is 3.52. The van der Waals surface area contributed by atoms with E-state index in [0.29, 0.717) is 0 Å². The van der Waals surface area contributed by atoms with E-state index in [0.717, 1.165) is 22.6 Å². The van der Waals surface area contributed by atoms with Crippen molar-refractivity contribution in [2.45, 2.75) is 104 Å². The maximum Gasteiger partial charge on any atom is 4.00 e. The molecule has 39 heavy (non-hydrogen) atoms. The first kappa shape index (κ1) is 38.8. The molecule has 4 rings (SSSR count). The van der Waals surface area contributed by atoms with Gasteiger partial charge in [-0.2, -0.15) is 12.1 Å². The quantitative estimate of drug-likeness (QED) is 0.136. The first-order valence-electron chi connectivity index (χ1n) is 14.2. The Morgan fingerprint density at radius 2 is 0.821 bits per heavy atom. The van der Waals surface area contributed by atoms with Crippen LogP contribution in [0.3, 0.4) is 0 Å². The van der Waals surface area contributed by atoms with Crippen molar-refractivity contribution in [1.29, 1.82) is 0 Å². The molecular formula is C34H48Cl2P2Ti. The van der Waals surface area contributed by atoms with Gasteiger partial charge in [0.2, 0.25) is 0 Å². The number of halogens is 2. The Bertz CT molecular complexity index is 1020. The van der Waals surface area contributed by atoms with Gasteiger partial charge in [0.1, 0.15) is 0 Å². The zero-order valence-electron chi connectivity index (χ0n) is 25.2. The summed E-state index contributed by atoms with van der Waals surface area (Å²) in [6, 6.07) is 27.2. The zero-order chi connectivity index (χ0) is 26.2. The molecule has 5 heteroatoms. The number of hydrogen-bond acceptors (Lipinski definition) is 0. The number of benzene rings is 2. The van der Waals surface area contributed by atoms with Gasteiger partial charge >= 0.3 is 21.7 Å². The van der Waals surface area contributed by atoms with Gasteiger partial charge in [0.15, 0.2) is 0 Å². The van der Waals surface area contributed by atoms with Gasteiger partial charge in [0.05, 0.1) is 0 Å². The summed E-state index contributed by atoms with van der Waals surface area (Å²) in [6.07, 6.45) is 5.16. The Hall–Kier alpha value is -0.186. The van der Waals surface area contributed by atoms with Crippen molar-refractivity contribution in [2.24, 2.45) is 0 Å². The molecule has 0 N–H and O–H groups in total. The summed E-state index contributed by atoms with van der Waals surface area (Å²) in [4.78, 5) is 0. The van der Waals surface area contributed by atoms with Gasteiger partial charge in [-0.1, -0.05) is 83.4 Å². The Labute approximate surface area is 269 Å². The molecule has 0 heterocycles. The third-order valence-corrected chi connectivity index (χ3v) is 15.0. The van der Waals surface area contributed by atoms with Crippen LogP contribution in [0, 0.1) is 0 Å². The standard InChI is InChI=1S/2C17H24P.2ClH.Ti/c2*1-5-13(3)18(14(4)6-2)17-11-15-9-7-8-10-16(15)12-17;;;/h2*7-14H,5-6H2,1-4H3;2*1H;/q2*-1;;;+4/p-2. The Morgan fingerprint density at radius 3 is 1.08 bits per heavy atom. The average molecular weight is 637 g/mol. The van der Waals surface area contributed by atoms with E-state index in [-0.39, 0.29) is 62.4 Å². The van der Waals surface area contributed by atoms with E-state index in [2.05, 4.69) is 128 Å². The summed E-state index contributed by atoms with van der Waals surface area (Å²) in [7, 11) is -0.0504. The van der Waals surface area contributed by atoms with Gasteiger partial charge in [0, 0.05) is 0 Å². The van der Waals surface area contributed by atoms with Crippen molar-refractivity contribution in [1.82, 2.24) is 0 Å². The predicted molar refractivity (Wildman–Crippen MR) is 171 cm³/mol. The molecule has 0 spiro atoms. The Kier molecular flexibility index (Phi) is 19.0. The molecule has 0 fully saturated rings. The molecular weight excluding hydrogens is 589 g/mol. The molecule has 0 saturated heterocycles. The molecule has 0 aromatic heterocycles. The summed E-state index contributed by atoms with van der Waals surface area (Å²) >= 11 is 0. The molecule has 0 aliphatic carbocycles. The molecule has 0 radical (unpaired) electrons. The summed E-state index contributed by atoms with van der Waals surface area (Å²) in [5.74, 6) is 0. The fourth-order valence-corrected chi connectivity index (χ4v) is 11.7. The van der Waals surface area contributed by atoms with Crippen molar-refractivity contribution >= 4 is 48.0 Å². The van der Waals surface area contributed by atoms with Crippen LogP contribution >= 0.6 is 15.8 Å². The Balaban J connectivity index is 0.000000688. The summed E-state index contributed by atoms with van der Waals surface area (Å²) in [6.45, 7) is 19.0. The van der Waals surface area contributed by atoms with Crippen molar-refractivity contribution in [3.8, 4) is 0 Å². The SMILES string of the molecule is CCC(C)P(c1cc2ccccc2[cH-]1)C(C)CC.CCC(C)P(c1cc2ccccc2[cH-]1)C(C)CC.[Cl-].[Cl-].[Ti+4]. The van der Waals surface area contributed by atoms with Gasteiger partial charge in [-0.05, 0) is 48.3 Å². The van der Waals surface area contributed by atoms with Crippen molar-refractivity contribution in [3.63, 3.8) is 0 Å². The van der Waals surface area contributed by atoms with Gasteiger partial charge in [-0.15, -0.1) is 80.7 Å².